The Morgan fingerprint density at radius 3 is 1.85 bits per heavy atom. The topological polar surface area (TPSA) is 111 Å². The van der Waals surface area contributed by atoms with Gasteiger partial charge in [-0.05, 0) is 66.4 Å². The highest BCUT2D eigenvalue weighted by molar-refractivity contribution is 6.08. The van der Waals surface area contributed by atoms with Crippen LogP contribution in [0.25, 0.3) is 0 Å². The van der Waals surface area contributed by atoms with Crippen molar-refractivity contribution >= 4 is 17.8 Å². The number of ether oxygens (including phenoxy) is 3. The molecule has 9 heteroatoms. The smallest absolute Gasteiger partial charge is 0.438 e. The van der Waals surface area contributed by atoms with E-state index in [-0.39, 0.29) is 12.0 Å². The number of rotatable bonds is 9. The Morgan fingerprint density at radius 1 is 0.809 bits per heavy atom. The van der Waals surface area contributed by atoms with Crippen molar-refractivity contribution in [3.05, 3.63) is 143 Å². The molecule has 4 aromatic rings. The van der Waals surface area contributed by atoms with Crippen LogP contribution in [-0.2, 0) is 14.9 Å². The molecule has 1 fully saturated rings. The van der Waals surface area contributed by atoms with Crippen molar-refractivity contribution in [3.63, 3.8) is 0 Å². The summed E-state index contributed by atoms with van der Waals surface area (Å²) in [6.07, 6.45) is -1.03. The van der Waals surface area contributed by atoms with Crippen LogP contribution >= 0.6 is 0 Å². The average molecular weight is 634 g/mol. The van der Waals surface area contributed by atoms with E-state index in [1.54, 1.807) is 51.5 Å². The summed E-state index contributed by atoms with van der Waals surface area (Å²) in [6, 6.07) is 32.5. The molecule has 4 amide bonds. The van der Waals surface area contributed by atoms with Gasteiger partial charge in [0.15, 0.2) is 0 Å². The van der Waals surface area contributed by atoms with Crippen molar-refractivity contribution < 1.29 is 38.2 Å². The number of hydrogen-bond donors (Lipinski definition) is 2. The zero-order chi connectivity index (χ0) is 33.2. The minimum Gasteiger partial charge on any atom is -0.497 e. The summed E-state index contributed by atoms with van der Waals surface area (Å²) >= 11 is 0. The number of aliphatic hydroxyl groups is 1. The highest BCUT2D eigenvalue weighted by atomic mass is 16.5. The number of nitrogens with zero attached hydrogens (tertiary/aromatic N) is 1. The first kappa shape index (κ1) is 31.9. The Hall–Kier alpha value is -5.09. The van der Waals surface area contributed by atoms with E-state index in [9.17, 15) is 19.5 Å². The van der Waals surface area contributed by atoms with Gasteiger partial charge in [0.1, 0.15) is 17.7 Å². The minimum atomic E-state index is -1.19. The molecular formula is C38H37N2O7+. The first-order valence-corrected chi connectivity index (χ1v) is 15.5. The second kappa shape index (κ2) is 13.0. The molecule has 9 nitrogen and oxygen atoms in total. The largest absolute Gasteiger partial charge is 0.497 e. The molecule has 0 aliphatic carbocycles. The van der Waals surface area contributed by atoms with Gasteiger partial charge in [-0.1, -0.05) is 72.8 Å². The lowest BCUT2D eigenvalue weighted by Gasteiger charge is -2.43. The predicted octanol–water partition coefficient (Wildman–Crippen LogP) is 5.72. The van der Waals surface area contributed by atoms with Gasteiger partial charge >= 0.3 is 11.9 Å². The van der Waals surface area contributed by atoms with Crippen LogP contribution in [0.2, 0.25) is 0 Å². The van der Waals surface area contributed by atoms with Gasteiger partial charge in [-0.15, -0.1) is 4.48 Å². The van der Waals surface area contributed by atoms with Gasteiger partial charge in [0.2, 0.25) is 6.23 Å². The second-order valence-corrected chi connectivity index (χ2v) is 11.8. The number of nitrogens with one attached hydrogen (secondary N) is 1. The van der Waals surface area contributed by atoms with Crippen LogP contribution in [0.5, 0.6) is 11.5 Å². The number of aliphatic hydroxyl groups excluding tert-OH is 1. The summed E-state index contributed by atoms with van der Waals surface area (Å²) in [5, 5.41) is 15.1. The first-order valence-electron chi connectivity index (χ1n) is 15.5. The number of carbonyl (C=O) groups is 3. The third kappa shape index (κ3) is 5.42. The van der Waals surface area contributed by atoms with Crippen molar-refractivity contribution in [2.45, 2.75) is 43.6 Å². The summed E-state index contributed by atoms with van der Waals surface area (Å²) in [4.78, 5) is 40.5. The Labute approximate surface area is 273 Å². The van der Waals surface area contributed by atoms with E-state index in [1.807, 2.05) is 78.9 Å². The third-order valence-electron chi connectivity index (χ3n) is 9.27. The fraction of sp³-hybridized carbons (Fsp3) is 0.237. The molecule has 0 saturated carbocycles. The lowest BCUT2D eigenvalue weighted by Crippen LogP contribution is -2.66. The highest BCUT2D eigenvalue weighted by Gasteiger charge is 2.59. The molecule has 2 aliphatic heterocycles. The lowest BCUT2D eigenvalue weighted by atomic mass is 9.64. The van der Waals surface area contributed by atoms with Gasteiger partial charge < -0.3 is 19.3 Å². The van der Waals surface area contributed by atoms with Gasteiger partial charge in [0.25, 0.3) is 5.91 Å². The third-order valence-corrected chi connectivity index (χ3v) is 9.27. The highest BCUT2D eigenvalue weighted by Crippen LogP contribution is 2.47. The molecular weight excluding hydrogens is 596 g/mol. The molecule has 0 bridgehead atoms. The zero-order valence-electron chi connectivity index (χ0n) is 26.5. The number of imide groups is 2. The van der Waals surface area contributed by atoms with Crippen LogP contribution in [0.15, 0.2) is 121 Å². The molecule has 6 rings (SSSR count). The maximum absolute atomic E-state index is 14.2. The van der Waals surface area contributed by atoms with Crippen molar-refractivity contribution in [2.24, 2.45) is 0 Å². The number of methoxy groups -OCH3 is 2. The van der Waals surface area contributed by atoms with Gasteiger partial charge in [0, 0.05) is 6.42 Å². The Balaban J connectivity index is 1.49. The standard InChI is InChI=1S/C38H36N2O7/c1-25-24-40(37(44)39-35(25)42,36(43)26-10-6-4-7-11-26)33-23-22-32(47-33)34(41)38(27-12-8-5-9-13-27,28-14-18-30(45-2)19-15-28)29-16-20-31(46-3)21-17-29/h4-21,24,32-34,41H,22-23H2,1-3H3/p+1/t32-,33+,34?,40?/m0/s1. The Kier molecular flexibility index (Phi) is 8.79. The van der Waals surface area contributed by atoms with Crippen LogP contribution in [-0.4, -0.2) is 60.1 Å². The van der Waals surface area contributed by atoms with E-state index in [2.05, 4.69) is 5.32 Å². The summed E-state index contributed by atoms with van der Waals surface area (Å²) < 4.78 is 16.7. The van der Waals surface area contributed by atoms with Crippen LogP contribution < -0.4 is 14.8 Å². The monoisotopic (exact) mass is 633 g/mol. The number of hydrogen-bond acceptors (Lipinski definition) is 7. The van der Waals surface area contributed by atoms with E-state index in [0.29, 0.717) is 23.5 Å². The molecule has 4 aromatic carbocycles. The van der Waals surface area contributed by atoms with Gasteiger partial charge in [-0.2, -0.15) is 0 Å². The Bertz CT molecular complexity index is 1740. The Morgan fingerprint density at radius 2 is 1.32 bits per heavy atom. The van der Waals surface area contributed by atoms with Gasteiger partial charge in [0.05, 0.1) is 43.0 Å². The van der Waals surface area contributed by atoms with E-state index >= 15 is 0 Å². The van der Waals surface area contributed by atoms with Crippen molar-refractivity contribution in [1.29, 1.82) is 0 Å². The second-order valence-electron chi connectivity index (χ2n) is 11.8. The zero-order valence-corrected chi connectivity index (χ0v) is 26.5. The number of urea groups is 1. The van der Waals surface area contributed by atoms with Crippen molar-refractivity contribution in [2.75, 3.05) is 14.2 Å². The molecule has 240 valence electrons. The number of carbonyl (C=O) groups excluding carboxylic acids is 3. The number of amides is 4. The first-order chi connectivity index (χ1) is 22.7. The van der Waals surface area contributed by atoms with E-state index in [1.165, 1.54) is 6.20 Å². The summed E-state index contributed by atoms with van der Waals surface area (Å²) in [7, 11) is 3.19. The lowest BCUT2D eigenvalue weighted by molar-refractivity contribution is -0.773. The number of quaternary nitrogens is 1. The summed E-state index contributed by atoms with van der Waals surface area (Å²) in [5.41, 5.74) is 1.75. The number of benzene rings is 4. The molecule has 0 aromatic heterocycles. The maximum Gasteiger partial charge on any atom is 0.438 e. The molecule has 2 aliphatic rings. The molecule has 2 N–H and O–H groups in total. The fourth-order valence-corrected chi connectivity index (χ4v) is 6.88. The van der Waals surface area contributed by atoms with Crippen molar-refractivity contribution in [3.8, 4) is 11.5 Å². The summed E-state index contributed by atoms with van der Waals surface area (Å²) in [6.45, 7) is 1.56. The molecule has 0 spiro atoms. The SMILES string of the molecule is COc1ccc(C(c2ccccc2)(c2ccc(OC)cc2)C(O)[C@@H]2CC[C@H]([N+]3(C(=O)c4ccccc4)C=C(C)C(=O)NC3=O)O2)cc1. The van der Waals surface area contributed by atoms with E-state index in [4.69, 9.17) is 14.2 Å². The van der Waals surface area contributed by atoms with Crippen LogP contribution in [0.1, 0.15) is 46.8 Å². The molecule has 4 atom stereocenters. The minimum absolute atomic E-state index is 0.219. The normalized spacial score (nSPS) is 21.8. The van der Waals surface area contributed by atoms with E-state index in [0.717, 1.165) is 16.7 Å². The average Bonchev–Trinajstić information content (AvgIpc) is 3.62. The molecule has 0 radical (unpaired) electrons. The molecule has 2 heterocycles. The van der Waals surface area contributed by atoms with Gasteiger partial charge in [-0.3, -0.25) is 4.79 Å². The van der Waals surface area contributed by atoms with Crippen LogP contribution in [0.3, 0.4) is 0 Å². The van der Waals surface area contributed by atoms with Crippen LogP contribution in [0, 0.1) is 0 Å². The summed E-state index contributed by atoms with van der Waals surface area (Å²) in [5.74, 6) is 0.225. The van der Waals surface area contributed by atoms with Crippen molar-refractivity contribution in [1.82, 2.24) is 5.32 Å². The fourth-order valence-electron chi connectivity index (χ4n) is 6.88. The maximum atomic E-state index is 14.2. The predicted molar refractivity (Wildman–Crippen MR) is 175 cm³/mol. The molecule has 47 heavy (non-hydrogen) atoms. The van der Waals surface area contributed by atoms with Gasteiger partial charge in [-0.25, -0.2) is 14.9 Å². The van der Waals surface area contributed by atoms with Crippen LogP contribution in [0.4, 0.5) is 4.79 Å². The quantitative estimate of drug-likeness (QED) is 0.179. The molecule has 1 saturated heterocycles. The molecule has 2 unspecified atom stereocenters. The van der Waals surface area contributed by atoms with E-state index < -0.39 is 46.2 Å².